The molecule has 5 nitrogen and oxygen atoms in total. The van der Waals surface area contributed by atoms with E-state index < -0.39 is 35.1 Å². The largest absolute Gasteiger partial charge is 0.416 e. The summed E-state index contributed by atoms with van der Waals surface area (Å²) in [4.78, 5) is 24.6. The normalized spacial score (nSPS) is 12.4. The highest BCUT2D eigenvalue weighted by atomic mass is 19.4. The van der Waals surface area contributed by atoms with Gasteiger partial charge in [0.2, 0.25) is 5.91 Å². The third-order valence-electron chi connectivity index (χ3n) is 4.17. The Balaban J connectivity index is 1.85. The second kappa shape index (κ2) is 7.86. The van der Waals surface area contributed by atoms with Crippen molar-refractivity contribution in [2.75, 3.05) is 5.32 Å². The highest BCUT2D eigenvalue weighted by molar-refractivity contribution is 5.93. The van der Waals surface area contributed by atoms with Gasteiger partial charge in [0.1, 0.15) is 11.9 Å². The van der Waals surface area contributed by atoms with E-state index in [1.165, 1.54) is 55.5 Å². The lowest BCUT2D eigenvalue weighted by Gasteiger charge is -2.16. The minimum absolute atomic E-state index is 0.0561. The van der Waals surface area contributed by atoms with Crippen LogP contribution in [-0.4, -0.2) is 15.7 Å². The van der Waals surface area contributed by atoms with Crippen molar-refractivity contribution < 1.29 is 22.4 Å². The number of carbonyl (C=O) groups is 1. The van der Waals surface area contributed by atoms with Crippen LogP contribution in [0.25, 0.3) is 11.3 Å². The summed E-state index contributed by atoms with van der Waals surface area (Å²) >= 11 is 0. The maximum atomic E-state index is 13.1. The van der Waals surface area contributed by atoms with E-state index in [4.69, 9.17) is 0 Å². The van der Waals surface area contributed by atoms with Gasteiger partial charge in [-0.25, -0.2) is 9.07 Å². The zero-order chi connectivity index (χ0) is 21.2. The Bertz CT molecular complexity index is 1090. The van der Waals surface area contributed by atoms with E-state index >= 15 is 0 Å². The lowest BCUT2D eigenvalue weighted by Crippen LogP contribution is -2.33. The van der Waals surface area contributed by atoms with Gasteiger partial charge in [-0.1, -0.05) is 6.07 Å². The third-order valence-corrected chi connectivity index (χ3v) is 4.17. The molecule has 0 bridgehead atoms. The third kappa shape index (κ3) is 4.68. The number of nitrogens with zero attached hydrogens (tertiary/aromatic N) is 2. The Morgan fingerprint density at radius 3 is 2.41 bits per heavy atom. The molecular weight excluding hydrogens is 390 g/mol. The van der Waals surface area contributed by atoms with Crippen molar-refractivity contribution in [1.29, 1.82) is 0 Å². The maximum absolute atomic E-state index is 13.1. The van der Waals surface area contributed by atoms with E-state index in [0.717, 1.165) is 16.8 Å². The molecule has 0 saturated heterocycles. The van der Waals surface area contributed by atoms with Gasteiger partial charge in [0.25, 0.3) is 5.56 Å². The maximum Gasteiger partial charge on any atom is 0.416 e. The van der Waals surface area contributed by atoms with Crippen molar-refractivity contribution in [1.82, 2.24) is 9.78 Å². The molecule has 0 radical (unpaired) electrons. The summed E-state index contributed by atoms with van der Waals surface area (Å²) in [7, 11) is 0. The molecule has 0 aliphatic heterocycles. The second-order valence-corrected chi connectivity index (χ2v) is 6.25. The average molecular weight is 405 g/mol. The van der Waals surface area contributed by atoms with E-state index in [1.54, 1.807) is 0 Å². The van der Waals surface area contributed by atoms with Gasteiger partial charge in [-0.2, -0.15) is 18.3 Å². The topological polar surface area (TPSA) is 64.0 Å². The van der Waals surface area contributed by atoms with Crippen LogP contribution in [-0.2, 0) is 11.0 Å². The van der Waals surface area contributed by atoms with Crippen LogP contribution < -0.4 is 10.9 Å². The molecule has 0 aliphatic rings. The highest BCUT2D eigenvalue weighted by Gasteiger charge is 2.30. The highest BCUT2D eigenvalue weighted by Crippen LogP contribution is 2.30. The first-order valence-electron chi connectivity index (χ1n) is 8.49. The summed E-state index contributed by atoms with van der Waals surface area (Å²) in [5.41, 5.74) is -0.660. The van der Waals surface area contributed by atoms with Gasteiger partial charge in [-0.05, 0) is 55.5 Å². The summed E-state index contributed by atoms with van der Waals surface area (Å²) in [5, 5.41) is 6.49. The summed E-state index contributed by atoms with van der Waals surface area (Å²) in [6, 6.07) is 11.1. The van der Waals surface area contributed by atoms with Crippen molar-refractivity contribution in [3.05, 3.63) is 82.4 Å². The molecule has 1 atom stereocenters. The van der Waals surface area contributed by atoms with Crippen LogP contribution >= 0.6 is 0 Å². The van der Waals surface area contributed by atoms with Gasteiger partial charge >= 0.3 is 6.18 Å². The first-order chi connectivity index (χ1) is 13.6. The number of carbonyl (C=O) groups excluding carboxylic acids is 1. The van der Waals surface area contributed by atoms with Gasteiger partial charge in [0.05, 0.1) is 11.3 Å². The van der Waals surface area contributed by atoms with Gasteiger partial charge in [-0.3, -0.25) is 9.59 Å². The fraction of sp³-hybridized carbons (Fsp3) is 0.150. The van der Waals surface area contributed by atoms with Crippen molar-refractivity contribution in [3.63, 3.8) is 0 Å². The van der Waals surface area contributed by atoms with Crippen LogP contribution in [0.2, 0.25) is 0 Å². The monoisotopic (exact) mass is 405 g/mol. The Kier molecular flexibility index (Phi) is 5.49. The van der Waals surface area contributed by atoms with Crippen LogP contribution in [0.5, 0.6) is 0 Å². The molecule has 1 heterocycles. The number of anilines is 1. The number of rotatable bonds is 4. The molecule has 1 unspecified atom stereocenters. The summed E-state index contributed by atoms with van der Waals surface area (Å²) in [6.07, 6.45) is -4.55. The number of aromatic nitrogens is 2. The minimum Gasteiger partial charge on any atom is -0.324 e. The van der Waals surface area contributed by atoms with Gasteiger partial charge < -0.3 is 5.32 Å². The first kappa shape index (κ1) is 20.2. The van der Waals surface area contributed by atoms with Gasteiger partial charge in [0.15, 0.2) is 0 Å². The van der Waals surface area contributed by atoms with Gasteiger partial charge in [-0.15, -0.1) is 0 Å². The number of hydrogen-bond donors (Lipinski definition) is 1. The fourth-order valence-corrected chi connectivity index (χ4v) is 2.61. The van der Waals surface area contributed by atoms with E-state index in [2.05, 4.69) is 10.4 Å². The van der Waals surface area contributed by atoms with Gasteiger partial charge in [0, 0.05) is 17.3 Å². The molecule has 9 heteroatoms. The number of halogens is 4. The lowest BCUT2D eigenvalue weighted by molar-refractivity contribution is -0.137. The predicted octanol–water partition coefficient (Wildman–Crippen LogP) is 4.27. The fourth-order valence-electron chi connectivity index (χ4n) is 2.61. The molecule has 3 aromatic rings. The number of alkyl halides is 3. The second-order valence-electron chi connectivity index (χ2n) is 6.25. The first-order valence-corrected chi connectivity index (χ1v) is 8.49. The Hall–Kier alpha value is -3.49. The van der Waals surface area contributed by atoms with Crippen LogP contribution in [0.3, 0.4) is 0 Å². The zero-order valence-electron chi connectivity index (χ0n) is 15.1. The smallest absolute Gasteiger partial charge is 0.324 e. The number of amides is 1. The zero-order valence-corrected chi connectivity index (χ0v) is 15.1. The molecule has 0 saturated carbocycles. The predicted molar refractivity (Wildman–Crippen MR) is 98.7 cm³/mol. The molecular formula is C20H15F4N3O2. The van der Waals surface area contributed by atoms with Crippen molar-refractivity contribution in [3.8, 4) is 11.3 Å². The molecule has 150 valence electrons. The quantitative estimate of drug-likeness (QED) is 0.660. The lowest BCUT2D eigenvalue weighted by atomic mass is 10.1. The van der Waals surface area contributed by atoms with Crippen molar-refractivity contribution in [2.45, 2.75) is 19.1 Å². The summed E-state index contributed by atoms with van der Waals surface area (Å²) in [6.45, 7) is 1.39. The van der Waals surface area contributed by atoms with E-state index in [9.17, 15) is 27.2 Å². The number of hydrogen-bond acceptors (Lipinski definition) is 3. The molecule has 3 rings (SSSR count). The van der Waals surface area contributed by atoms with Crippen LogP contribution in [0.15, 0.2) is 65.5 Å². The average Bonchev–Trinajstić information content (AvgIpc) is 2.68. The summed E-state index contributed by atoms with van der Waals surface area (Å²) in [5.74, 6) is -1.15. The van der Waals surface area contributed by atoms with Crippen molar-refractivity contribution in [2.24, 2.45) is 0 Å². The standard InChI is InChI=1S/C20H15F4N3O2/c1-12(19(29)25-16-4-2-3-14(11-16)20(22,23)24)27-18(28)10-9-17(26-27)13-5-7-15(21)8-6-13/h2-12H,1H3,(H,25,29). The Morgan fingerprint density at radius 2 is 1.76 bits per heavy atom. The molecule has 29 heavy (non-hydrogen) atoms. The number of benzene rings is 2. The molecule has 1 amide bonds. The number of nitrogens with one attached hydrogen (secondary N) is 1. The van der Waals surface area contributed by atoms with Crippen LogP contribution in [0.1, 0.15) is 18.5 Å². The van der Waals surface area contributed by atoms with E-state index in [1.807, 2.05) is 0 Å². The van der Waals surface area contributed by atoms with E-state index in [0.29, 0.717) is 11.3 Å². The van der Waals surface area contributed by atoms with E-state index in [-0.39, 0.29) is 5.69 Å². The molecule has 0 fully saturated rings. The molecule has 0 aliphatic carbocycles. The Morgan fingerprint density at radius 1 is 1.07 bits per heavy atom. The minimum atomic E-state index is -4.55. The molecule has 1 N–H and O–H groups in total. The molecule has 1 aromatic heterocycles. The van der Waals surface area contributed by atoms with Crippen LogP contribution in [0.4, 0.5) is 23.2 Å². The Labute approximate surface area is 162 Å². The van der Waals surface area contributed by atoms with Crippen LogP contribution in [0, 0.1) is 5.82 Å². The molecule has 2 aromatic carbocycles. The SMILES string of the molecule is CC(C(=O)Nc1cccc(C(F)(F)F)c1)n1nc(-c2ccc(F)cc2)ccc1=O. The van der Waals surface area contributed by atoms with Crippen molar-refractivity contribution >= 4 is 11.6 Å². The summed E-state index contributed by atoms with van der Waals surface area (Å²) < 4.78 is 52.5. The molecule has 0 spiro atoms.